The van der Waals surface area contributed by atoms with Crippen LogP contribution in [0.3, 0.4) is 0 Å². The van der Waals surface area contributed by atoms with E-state index in [1.807, 2.05) is 81.1 Å². The van der Waals surface area contributed by atoms with Crippen LogP contribution in [0.4, 0.5) is 11.4 Å². The zero-order valence-corrected chi connectivity index (χ0v) is 16.4. The van der Waals surface area contributed by atoms with Gasteiger partial charge in [-0.15, -0.1) is 11.8 Å². The number of carbonyl (C=O) groups is 2. The molecule has 1 N–H and O–H groups in total. The number of hydrogen-bond acceptors (Lipinski definition) is 3. The number of rotatable bonds is 3. The Morgan fingerprint density at radius 2 is 1.77 bits per heavy atom. The van der Waals surface area contributed by atoms with Crippen molar-refractivity contribution in [2.75, 3.05) is 16.0 Å². The number of carbonyl (C=O) groups excluding carboxylic acids is 2. The Labute approximate surface area is 159 Å². The van der Waals surface area contributed by atoms with Gasteiger partial charge in [0.05, 0.1) is 5.75 Å². The van der Waals surface area contributed by atoms with Gasteiger partial charge < -0.3 is 5.32 Å². The SMILES string of the molecule is Cc1ccccc1N1C(=O)CSC1c1ccccc1NC(=O)C(C)(C)C. The van der Waals surface area contributed by atoms with Crippen molar-refractivity contribution >= 4 is 35.0 Å². The van der Waals surface area contributed by atoms with Gasteiger partial charge in [-0.05, 0) is 24.6 Å². The summed E-state index contributed by atoms with van der Waals surface area (Å²) in [5.41, 5.74) is 3.21. The molecule has 136 valence electrons. The molecule has 26 heavy (non-hydrogen) atoms. The molecule has 0 aromatic heterocycles. The number of para-hydroxylation sites is 2. The van der Waals surface area contributed by atoms with Crippen LogP contribution in [-0.4, -0.2) is 17.6 Å². The smallest absolute Gasteiger partial charge is 0.238 e. The number of nitrogens with one attached hydrogen (secondary N) is 1. The maximum atomic E-state index is 12.6. The monoisotopic (exact) mass is 368 g/mol. The normalized spacial score (nSPS) is 17.5. The minimum absolute atomic E-state index is 0.0401. The van der Waals surface area contributed by atoms with Crippen molar-refractivity contribution < 1.29 is 9.59 Å². The summed E-state index contributed by atoms with van der Waals surface area (Å²) in [7, 11) is 0. The maximum absolute atomic E-state index is 12.6. The minimum Gasteiger partial charge on any atom is -0.325 e. The van der Waals surface area contributed by atoms with Crippen LogP contribution >= 0.6 is 11.8 Å². The van der Waals surface area contributed by atoms with E-state index in [1.54, 1.807) is 11.8 Å². The molecule has 0 bridgehead atoms. The van der Waals surface area contributed by atoms with Crippen molar-refractivity contribution in [2.45, 2.75) is 33.1 Å². The van der Waals surface area contributed by atoms with Gasteiger partial charge in [0, 0.05) is 22.4 Å². The van der Waals surface area contributed by atoms with Crippen LogP contribution in [0, 0.1) is 12.3 Å². The first-order chi connectivity index (χ1) is 12.3. The third kappa shape index (κ3) is 3.63. The van der Waals surface area contributed by atoms with Crippen LogP contribution in [0.25, 0.3) is 0 Å². The number of aryl methyl sites for hydroxylation is 1. The molecule has 0 radical (unpaired) electrons. The van der Waals surface area contributed by atoms with E-state index in [9.17, 15) is 9.59 Å². The van der Waals surface area contributed by atoms with Gasteiger partial charge in [-0.25, -0.2) is 0 Å². The second-order valence-electron chi connectivity index (χ2n) is 7.50. The molecule has 1 heterocycles. The van der Waals surface area contributed by atoms with Gasteiger partial charge in [0.25, 0.3) is 0 Å². The second kappa shape index (κ2) is 7.16. The molecule has 2 aromatic carbocycles. The first-order valence-electron chi connectivity index (χ1n) is 8.68. The average molecular weight is 369 g/mol. The van der Waals surface area contributed by atoms with E-state index in [1.165, 1.54) is 0 Å². The summed E-state index contributed by atoms with van der Waals surface area (Å²) in [4.78, 5) is 26.9. The molecule has 1 aliphatic rings. The Balaban J connectivity index is 1.99. The highest BCUT2D eigenvalue weighted by molar-refractivity contribution is 8.00. The number of thioether (sulfide) groups is 1. The van der Waals surface area contributed by atoms with Crippen LogP contribution in [0.5, 0.6) is 0 Å². The summed E-state index contributed by atoms with van der Waals surface area (Å²) in [6.07, 6.45) is 0. The molecule has 3 rings (SSSR count). The molecule has 1 aliphatic heterocycles. The van der Waals surface area contributed by atoms with Gasteiger partial charge in [-0.3, -0.25) is 14.5 Å². The number of nitrogens with zero attached hydrogens (tertiary/aromatic N) is 1. The lowest BCUT2D eigenvalue weighted by Crippen LogP contribution is -2.31. The first kappa shape index (κ1) is 18.5. The van der Waals surface area contributed by atoms with Gasteiger partial charge in [-0.2, -0.15) is 0 Å². The summed E-state index contributed by atoms with van der Waals surface area (Å²) in [6, 6.07) is 15.6. The Kier molecular flexibility index (Phi) is 5.10. The van der Waals surface area contributed by atoms with E-state index < -0.39 is 5.41 Å². The van der Waals surface area contributed by atoms with E-state index in [0.717, 1.165) is 22.5 Å². The van der Waals surface area contributed by atoms with Crippen molar-refractivity contribution in [1.29, 1.82) is 0 Å². The molecule has 1 fully saturated rings. The topological polar surface area (TPSA) is 49.4 Å². The molecule has 2 amide bonds. The molecular weight excluding hydrogens is 344 g/mol. The van der Waals surface area contributed by atoms with Crippen LogP contribution in [-0.2, 0) is 9.59 Å². The molecule has 0 saturated carbocycles. The summed E-state index contributed by atoms with van der Waals surface area (Å²) >= 11 is 1.59. The highest BCUT2D eigenvalue weighted by atomic mass is 32.2. The molecule has 0 spiro atoms. The van der Waals surface area contributed by atoms with Crippen molar-refractivity contribution in [1.82, 2.24) is 0 Å². The first-order valence-corrected chi connectivity index (χ1v) is 9.73. The van der Waals surface area contributed by atoms with Crippen molar-refractivity contribution in [2.24, 2.45) is 5.41 Å². The fourth-order valence-electron chi connectivity index (χ4n) is 2.88. The number of amides is 2. The Morgan fingerprint density at radius 1 is 1.12 bits per heavy atom. The van der Waals surface area contributed by atoms with E-state index in [0.29, 0.717) is 5.75 Å². The summed E-state index contributed by atoms with van der Waals surface area (Å²) in [5, 5.41) is 2.89. The third-order valence-corrected chi connectivity index (χ3v) is 5.59. The molecule has 1 unspecified atom stereocenters. The van der Waals surface area contributed by atoms with Gasteiger partial charge >= 0.3 is 0 Å². The lowest BCUT2D eigenvalue weighted by atomic mass is 9.95. The predicted molar refractivity (Wildman–Crippen MR) is 108 cm³/mol. The molecule has 5 heteroatoms. The number of benzene rings is 2. The van der Waals surface area contributed by atoms with E-state index in [2.05, 4.69) is 5.32 Å². The van der Waals surface area contributed by atoms with Crippen molar-refractivity contribution in [3.63, 3.8) is 0 Å². The molecule has 1 atom stereocenters. The average Bonchev–Trinajstić information content (AvgIpc) is 2.96. The van der Waals surface area contributed by atoms with Crippen LogP contribution in [0.15, 0.2) is 48.5 Å². The lowest BCUT2D eigenvalue weighted by molar-refractivity contribution is -0.123. The zero-order valence-electron chi connectivity index (χ0n) is 15.6. The van der Waals surface area contributed by atoms with Crippen LogP contribution in [0.1, 0.15) is 37.3 Å². The van der Waals surface area contributed by atoms with Crippen LogP contribution < -0.4 is 10.2 Å². The third-order valence-electron chi connectivity index (χ3n) is 4.40. The predicted octanol–water partition coefficient (Wildman–Crippen LogP) is 4.76. The second-order valence-corrected chi connectivity index (χ2v) is 8.57. The highest BCUT2D eigenvalue weighted by Gasteiger charge is 2.36. The standard InChI is InChI=1S/C21H24N2O2S/c1-14-9-5-8-12-17(14)23-18(24)13-26-19(23)15-10-6-7-11-16(15)22-20(25)21(2,3)4/h5-12,19H,13H2,1-4H3,(H,22,25). The quantitative estimate of drug-likeness (QED) is 0.850. The van der Waals surface area contributed by atoms with Crippen LogP contribution in [0.2, 0.25) is 0 Å². The maximum Gasteiger partial charge on any atom is 0.238 e. The number of hydrogen-bond donors (Lipinski definition) is 1. The summed E-state index contributed by atoms with van der Waals surface area (Å²) in [5.74, 6) is 0.480. The van der Waals surface area contributed by atoms with Gasteiger partial charge in [0.1, 0.15) is 5.37 Å². The van der Waals surface area contributed by atoms with Gasteiger partial charge in [0.2, 0.25) is 11.8 Å². The molecule has 0 aliphatic carbocycles. The van der Waals surface area contributed by atoms with E-state index >= 15 is 0 Å². The molecule has 4 nitrogen and oxygen atoms in total. The molecule has 2 aromatic rings. The lowest BCUT2D eigenvalue weighted by Gasteiger charge is -2.28. The molecule has 1 saturated heterocycles. The Morgan fingerprint density at radius 3 is 2.46 bits per heavy atom. The van der Waals surface area contributed by atoms with Gasteiger partial charge in [-0.1, -0.05) is 57.2 Å². The largest absolute Gasteiger partial charge is 0.325 e. The van der Waals surface area contributed by atoms with Crippen molar-refractivity contribution in [3.05, 3.63) is 59.7 Å². The zero-order chi connectivity index (χ0) is 18.9. The molecular formula is C21H24N2O2S. The Hall–Kier alpha value is -2.27. The minimum atomic E-state index is -0.485. The number of anilines is 2. The van der Waals surface area contributed by atoms with Crippen molar-refractivity contribution in [3.8, 4) is 0 Å². The highest BCUT2D eigenvalue weighted by Crippen LogP contribution is 2.45. The van der Waals surface area contributed by atoms with E-state index in [4.69, 9.17) is 0 Å². The Bertz CT molecular complexity index is 842. The van der Waals surface area contributed by atoms with Gasteiger partial charge in [0.15, 0.2) is 0 Å². The fourth-order valence-corrected chi connectivity index (χ4v) is 4.09. The fraction of sp³-hybridized carbons (Fsp3) is 0.333. The van der Waals surface area contributed by atoms with E-state index in [-0.39, 0.29) is 17.2 Å². The summed E-state index contributed by atoms with van der Waals surface area (Å²) in [6.45, 7) is 7.67. The summed E-state index contributed by atoms with van der Waals surface area (Å²) < 4.78 is 0.